The number of phenolic OH excluding ortho intramolecular Hbond substituents is 1. The highest BCUT2D eigenvalue weighted by Crippen LogP contribution is 2.36. The van der Waals surface area contributed by atoms with Gasteiger partial charge in [0.05, 0.1) is 16.2 Å². The van der Waals surface area contributed by atoms with Gasteiger partial charge < -0.3 is 9.84 Å². The van der Waals surface area contributed by atoms with Crippen LogP contribution in [0, 0.1) is 18.7 Å². The summed E-state index contributed by atoms with van der Waals surface area (Å²) in [6, 6.07) is 8.20. The lowest BCUT2D eigenvalue weighted by Crippen LogP contribution is -2.15. The van der Waals surface area contributed by atoms with Gasteiger partial charge in [0.2, 0.25) is 0 Å². The molecule has 1 N–H and O–H groups in total. The molecule has 3 aromatic rings. The van der Waals surface area contributed by atoms with Crippen molar-refractivity contribution in [2.75, 3.05) is 0 Å². The van der Waals surface area contributed by atoms with Crippen LogP contribution in [0.1, 0.15) is 42.7 Å². The molecule has 0 aliphatic heterocycles. The van der Waals surface area contributed by atoms with E-state index in [-0.39, 0.29) is 34.4 Å². The van der Waals surface area contributed by atoms with Crippen molar-refractivity contribution in [1.29, 1.82) is 0 Å². The Hall–Kier alpha value is -2.86. The lowest BCUT2D eigenvalue weighted by atomic mass is 10.1. The number of carbonyl (C=O) groups is 2. The topological polar surface area (TPSA) is 68.5 Å². The number of nitrogens with zero attached hydrogens (tertiary/aromatic N) is 1. The number of hydrogen-bond donors (Lipinski definition) is 1. The van der Waals surface area contributed by atoms with Crippen LogP contribution in [0.4, 0.5) is 4.39 Å². The second kappa shape index (κ2) is 8.25. The Kier molecular flexibility index (Phi) is 5.94. The van der Waals surface area contributed by atoms with Crippen LogP contribution >= 0.6 is 11.6 Å². The maximum Gasteiger partial charge on any atom is 0.311 e. The highest BCUT2D eigenvalue weighted by Gasteiger charge is 2.24. The minimum atomic E-state index is -0.704. The summed E-state index contributed by atoms with van der Waals surface area (Å²) in [5.41, 5.74) is 0.910. The predicted molar refractivity (Wildman–Crippen MR) is 109 cm³/mol. The smallest absolute Gasteiger partial charge is 0.311 e. The molecule has 7 heteroatoms. The van der Waals surface area contributed by atoms with E-state index >= 15 is 0 Å². The van der Waals surface area contributed by atoms with Crippen molar-refractivity contribution in [3.63, 3.8) is 0 Å². The van der Waals surface area contributed by atoms with Crippen LogP contribution in [0.2, 0.25) is 5.02 Å². The Morgan fingerprint density at radius 3 is 2.62 bits per heavy atom. The number of ether oxygens (including phenoxy) is 1. The van der Waals surface area contributed by atoms with Crippen molar-refractivity contribution < 1.29 is 23.8 Å². The van der Waals surface area contributed by atoms with Gasteiger partial charge in [0.25, 0.3) is 5.91 Å². The van der Waals surface area contributed by atoms with Crippen LogP contribution in [0.15, 0.2) is 36.4 Å². The third-order valence-electron chi connectivity index (χ3n) is 4.93. The lowest BCUT2D eigenvalue weighted by molar-refractivity contribution is -0.135. The van der Waals surface area contributed by atoms with Gasteiger partial charge in [-0.25, -0.2) is 4.39 Å². The molecule has 0 spiro atoms. The standard InChI is InChI=1S/C22H21ClFNO4/c1-4-12(2)9-20(27)29-21-13(3)25(19-8-6-15(26)11-16(19)21)22(28)14-5-7-17(23)18(24)10-14/h5-8,10-12,26H,4,9H2,1-3H3. The summed E-state index contributed by atoms with van der Waals surface area (Å²) in [5, 5.41) is 10.2. The van der Waals surface area contributed by atoms with Crippen molar-refractivity contribution in [2.45, 2.75) is 33.6 Å². The molecule has 2 aromatic carbocycles. The number of benzene rings is 2. The van der Waals surface area contributed by atoms with Crippen LogP contribution in [0.25, 0.3) is 10.9 Å². The van der Waals surface area contributed by atoms with Crippen LogP contribution in [0.3, 0.4) is 0 Å². The molecule has 29 heavy (non-hydrogen) atoms. The molecule has 0 aliphatic carbocycles. The number of phenols is 1. The summed E-state index contributed by atoms with van der Waals surface area (Å²) in [7, 11) is 0. The minimum Gasteiger partial charge on any atom is -0.508 e. The number of esters is 1. The van der Waals surface area contributed by atoms with Crippen molar-refractivity contribution in [1.82, 2.24) is 4.57 Å². The van der Waals surface area contributed by atoms with Gasteiger partial charge in [-0.05, 0) is 49.2 Å². The van der Waals surface area contributed by atoms with E-state index in [0.29, 0.717) is 16.6 Å². The van der Waals surface area contributed by atoms with Gasteiger partial charge in [-0.1, -0.05) is 31.9 Å². The highest BCUT2D eigenvalue weighted by molar-refractivity contribution is 6.30. The zero-order valence-electron chi connectivity index (χ0n) is 16.3. The molecule has 0 bridgehead atoms. The summed E-state index contributed by atoms with van der Waals surface area (Å²) in [5.74, 6) is -1.30. The number of aromatic hydroxyl groups is 1. The monoisotopic (exact) mass is 417 g/mol. The van der Waals surface area contributed by atoms with Crippen LogP contribution in [0.5, 0.6) is 11.5 Å². The van der Waals surface area contributed by atoms with Crippen LogP contribution < -0.4 is 4.74 Å². The molecule has 1 aromatic heterocycles. The summed E-state index contributed by atoms with van der Waals surface area (Å²) in [6.45, 7) is 5.56. The third-order valence-corrected chi connectivity index (χ3v) is 5.23. The quantitative estimate of drug-likeness (QED) is 0.558. The Morgan fingerprint density at radius 2 is 1.97 bits per heavy atom. The third kappa shape index (κ3) is 4.12. The number of carbonyl (C=O) groups excluding carboxylic acids is 2. The first-order chi connectivity index (χ1) is 13.7. The molecule has 0 fully saturated rings. The van der Waals surface area contributed by atoms with E-state index in [9.17, 15) is 19.1 Å². The van der Waals surface area contributed by atoms with Crippen molar-refractivity contribution in [3.05, 3.63) is 58.5 Å². The average molecular weight is 418 g/mol. The molecular formula is C22H21ClFNO4. The molecule has 0 saturated heterocycles. The van der Waals surface area contributed by atoms with Gasteiger partial charge >= 0.3 is 5.97 Å². The molecule has 152 valence electrons. The molecule has 0 aliphatic rings. The van der Waals surface area contributed by atoms with E-state index in [1.807, 2.05) is 13.8 Å². The Balaban J connectivity index is 2.10. The lowest BCUT2D eigenvalue weighted by Gasteiger charge is -2.10. The number of fused-ring (bicyclic) bond motifs is 1. The zero-order chi connectivity index (χ0) is 21.3. The normalized spacial score (nSPS) is 12.2. The van der Waals surface area contributed by atoms with Crippen molar-refractivity contribution in [2.24, 2.45) is 5.92 Å². The molecule has 1 heterocycles. The summed E-state index contributed by atoms with van der Waals surface area (Å²) in [6.07, 6.45) is 1.06. The maximum atomic E-state index is 13.9. The van der Waals surface area contributed by atoms with Gasteiger partial charge in [-0.3, -0.25) is 14.2 Å². The van der Waals surface area contributed by atoms with E-state index in [4.69, 9.17) is 16.3 Å². The number of aromatic nitrogens is 1. The fourth-order valence-electron chi connectivity index (χ4n) is 3.11. The molecule has 1 unspecified atom stereocenters. The van der Waals surface area contributed by atoms with Gasteiger partial charge in [0, 0.05) is 17.4 Å². The molecule has 0 amide bonds. The summed E-state index contributed by atoms with van der Waals surface area (Å²) in [4.78, 5) is 25.5. The fraction of sp³-hybridized carbons (Fsp3) is 0.273. The first-order valence-electron chi connectivity index (χ1n) is 9.27. The van der Waals surface area contributed by atoms with Gasteiger partial charge in [-0.15, -0.1) is 0 Å². The molecule has 0 saturated carbocycles. The highest BCUT2D eigenvalue weighted by atomic mass is 35.5. The minimum absolute atomic E-state index is 0.0288. The Morgan fingerprint density at radius 1 is 1.24 bits per heavy atom. The first kappa shape index (κ1) is 20.9. The molecular weight excluding hydrogens is 397 g/mol. The fourth-order valence-corrected chi connectivity index (χ4v) is 3.23. The largest absolute Gasteiger partial charge is 0.508 e. The number of rotatable bonds is 5. The van der Waals surface area contributed by atoms with E-state index in [1.165, 1.54) is 28.8 Å². The van der Waals surface area contributed by atoms with Crippen LogP contribution in [-0.4, -0.2) is 21.6 Å². The Labute approximate surface area is 172 Å². The summed E-state index contributed by atoms with van der Waals surface area (Å²) >= 11 is 5.71. The van der Waals surface area contributed by atoms with E-state index in [2.05, 4.69) is 0 Å². The number of halogens is 2. The predicted octanol–water partition coefficient (Wildman–Crippen LogP) is 5.48. The zero-order valence-corrected chi connectivity index (χ0v) is 17.1. The van der Waals surface area contributed by atoms with E-state index in [1.54, 1.807) is 13.0 Å². The van der Waals surface area contributed by atoms with Crippen molar-refractivity contribution >= 4 is 34.4 Å². The van der Waals surface area contributed by atoms with Gasteiger partial charge in [0.1, 0.15) is 11.6 Å². The molecule has 1 atom stereocenters. The average Bonchev–Trinajstić information content (AvgIpc) is 2.94. The Bertz CT molecular complexity index is 1110. The first-order valence-corrected chi connectivity index (χ1v) is 9.65. The molecule has 3 rings (SSSR count). The SMILES string of the molecule is CCC(C)CC(=O)Oc1c(C)n(C(=O)c2ccc(Cl)c(F)c2)c2ccc(O)cc12. The van der Waals surface area contributed by atoms with E-state index in [0.717, 1.165) is 12.5 Å². The maximum absolute atomic E-state index is 13.9. The molecule has 0 radical (unpaired) electrons. The van der Waals surface area contributed by atoms with Gasteiger partial charge in [-0.2, -0.15) is 0 Å². The van der Waals surface area contributed by atoms with Gasteiger partial charge in [0.15, 0.2) is 5.75 Å². The van der Waals surface area contributed by atoms with E-state index < -0.39 is 17.7 Å². The van der Waals surface area contributed by atoms with Crippen molar-refractivity contribution in [3.8, 4) is 11.5 Å². The molecule has 5 nitrogen and oxygen atoms in total. The van der Waals surface area contributed by atoms with Crippen LogP contribution in [-0.2, 0) is 4.79 Å². The second-order valence-corrected chi connectivity index (χ2v) is 7.48. The summed E-state index contributed by atoms with van der Waals surface area (Å²) < 4.78 is 20.8. The second-order valence-electron chi connectivity index (χ2n) is 7.08. The number of hydrogen-bond acceptors (Lipinski definition) is 4.